The molecule has 0 aliphatic heterocycles. The van der Waals surface area contributed by atoms with Crippen LogP contribution >= 0.6 is 0 Å². The Labute approximate surface area is 87.8 Å². The molecule has 0 saturated heterocycles. The average Bonchev–Trinajstić information content (AvgIpc) is 1.99. The van der Waals surface area contributed by atoms with E-state index in [1.807, 2.05) is 0 Å². The normalized spacial score (nSPS) is 13.0. The summed E-state index contributed by atoms with van der Waals surface area (Å²) < 4.78 is 0. The monoisotopic (exact) mass is 216 g/mol. The number of carbonyl (C=O) groups is 3. The topological polar surface area (TPSA) is 109 Å². The standard InChI is InChI=1S/C9H16N2O4/c1-9(2,3)8(15)11-5(7(13)14)4-6(10)12/h5H,4H2,1-3H3,(H2,10,12)(H,11,15)(H,13,14). The number of carboxylic acid groups (broad SMARTS) is 1. The Morgan fingerprint density at radius 3 is 2.07 bits per heavy atom. The predicted molar refractivity (Wildman–Crippen MR) is 52.8 cm³/mol. The first-order valence-electron chi connectivity index (χ1n) is 4.46. The van der Waals surface area contributed by atoms with Crippen molar-refractivity contribution in [3.05, 3.63) is 0 Å². The van der Waals surface area contributed by atoms with Crippen molar-refractivity contribution < 1.29 is 19.5 Å². The molecule has 0 fully saturated rings. The molecule has 6 heteroatoms. The highest BCUT2D eigenvalue weighted by atomic mass is 16.4. The van der Waals surface area contributed by atoms with Crippen molar-refractivity contribution in [1.82, 2.24) is 5.32 Å². The van der Waals surface area contributed by atoms with Gasteiger partial charge in [-0.3, -0.25) is 9.59 Å². The molecular formula is C9H16N2O4. The summed E-state index contributed by atoms with van der Waals surface area (Å²) in [6.07, 6.45) is -0.406. The zero-order chi connectivity index (χ0) is 12.2. The zero-order valence-electron chi connectivity index (χ0n) is 9.03. The minimum absolute atomic E-state index is 0.406. The van der Waals surface area contributed by atoms with Crippen LogP contribution in [0.5, 0.6) is 0 Å². The van der Waals surface area contributed by atoms with E-state index in [-0.39, 0.29) is 0 Å². The highest BCUT2D eigenvalue weighted by Gasteiger charge is 2.28. The molecule has 15 heavy (non-hydrogen) atoms. The van der Waals surface area contributed by atoms with Crippen molar-refractivity contribution in [3.63, 3.8) is 0 Å². The van der Waals surface area contributed by atoms with E-state index in [1.165, 1.54) is 0 Å². The van der Waals surface area contributed by atoms with Gasteiger partial charge in [-0.2, -0.15) is 0 Å². The fourth-order valence-corrected chi connectivity index (χ4v) is 0.776. The molecule has 0 radical (unpaired) electrons. The first kappa shape index (κ1) is 13.4. The number of aliphatic carboxylic acids is 1. The summed E-state index contributed by atoms with van der Waals surface area (Å²) in [5.74, 6) is -2.47. The molecule has 86 valence electrons. The third-order valence-corrected chi connectivity index (χ3v) is 1.69. The van der Waals surface area contributed by atoms with Crippen molar-refractivity contribution in [2.45, 2.75) is 33.2 Å². The third kappa shape index (κ3) is 4.99. The fourth-order valence-electron chi connectivity index (χ4n) is 0.776. The number of primary amides is 1. The smallest absolute Gasteiger partial charge is 0.326 e. The van der Waals surface area contributed by atoms with E-state index < -0.39 is 35.7 Å². The molecule has 0 rings (SSSR count). The molecule has 0 aliphatic rings. The molecule has 6 nitrogen and oxygen atoms in total. The molecule has 2 amide bonds. The van der Waals surface area contributed by atoms with Crippen LogP contribution in [0.15, 0.2) is 0 Å². The minimum Gasteiger partial charge on any atom is -0.480 e. The van der Waals surface area contributed by atoms with Gasteiger partial charge < -0.3 is 16.2 Å². The van der Waals surface area contributed by atoms with Gasteiger partial charge in [0, 0.05) is 5.41 Å². The number of rotatable bonds is 4. The molecule has 0 spiro atoms. The Kier molecular flexibility index (Phi) is 4.26. The second kappa shape index (κ2) is 4.77. The molecule has 0 aromatic carbocycles. The number of carboxylic acids is 1. The molecular weight excluding hydrogens is 200 g/mol. The summed E-state index contributed by atoms with van der Waals surface area (Å²) in [7, 11) is 0. The predicted octanol–water partition coefficient (Wildman–Crippen LogP) is -0.523. The Morgan fingerprint density at radius 1 is 1.33 bits per heavy atom. The van der Waals surface area contributed by atoms with Gasteiger partial charge in [0.15, 0.2) is 0 Å². The zero-order valence-corrected chi connectivity index (χ0v) is 9.03. The van der Waals surface area contributed by atoms with Gasteiger partial charge in [0.2, 0.25) is 11.8 Å². The summed E-state index contributed by atoms with van der Waals surface area (Å²) in [5, 5.41) is 11.0. The lowest BCUT2D eigenvalue weighted by Gasteiger charge is -2.21. The summed E-state index contributed by atoms with van der Waals surface area (Å²) >= 11 is 0. The maximum absolute atomic E-state index is 11.4. The largest absolute Gasteiger partial charge is 0.480 e. The molecule has 0 heterocycles. The van der Waals surface area contributed by atoms with E-state index in [2.05, 4.69) is 5.32 Å². The average molecular weight is 216 g/mol. The van der Waals surface area contributed by atoms with Crippen molar-refractivity contribution in [3.8, 4) is 0 Å². The van der Waals surface area contributed by atoms with Crippen molar-refractivity contribution in [1.29, 1.82) is 0 Å². The van der Waals surface area contributed by atoms with Crippen LogP contribution in [-0.4, -0.2) is 28.9 Å². The first-order chi connectivity index (χ1) is 6.64. The molecule has 1 unspecified atom stereocenters. The molecule has 1 atom stereocenters. The number of hydrogen-bond donors (Lipinski definition) is 3. The van der Waals surface area contributed by atoms with Crippen LogP contribution in [0.3, 0.4) is 0 Å². The van der Waals surface area contributed by atoms with E-state index >= 15 is 0 Å². The lowest BCUT2D eigenvalue weighted by Crippen LogP contribution is -2.47. The van der Waals surface area contributed by atoms with Gasteiger partial charge in [-0.25, -0.2) is 4.79 Å². The lowest BCUT2D eigenvalue weighted by molar-refractivity contribution is -0.144. The number of amides is 2. The maximum atomic E-state index is 11.4. The maximum Gasteiger partial charge on any atom is 0.326 e. The van der Waals surface area contributed by atoms with Gasteiger partial charge >= 0.3 is 5.97 Å². The van der Waals surface area contributed by atoms with Gasteiger partial charge in [0.25, 0.3) is 0 Å². The highest BCUT2D eigenvalue weighted by Crippen LogP contribution is 2.13. The van der Waals surface area contributed by atoms with E-state index in [0.29, 0.717) is 0 Å². The van der Waals surface area contributed by atoms with Crippen LogP contribution in [-0.2, 0) is 14.4 Å². The molecule has 0 bridgehead atoms. The summed E-state index contributed by atoms with van der Waals surface area (Å²) in [6.45, 7) is 4.93. The van der Waals surface area contributed by atoms with Crippen LogP contribution in [0.2, 0.25) is 0 Å². The van der Waals surface area contributed by atoms with Crippen molar-refractivity contribution >= 4 is 17.8 Å². The van der Waals surface area contributed by atoms with Crippen molar-refractivity contribution in [2.75, 3.05) is 0 Å². The van der Waals surface area contributed by atoms with E-state index in [9.17, 15) is 14.4 Å². The van der Waals surface area contributed by atoms with Gasteiger partial charge in [-0.05, 0) is 0 Å². The summed E-state index contributed by atoms with van der Waals surface area (Å²) in [6, 6.07) is -1.26. The number of nitrogens with one attached hydrogen (secondary N) is 1. The van der Waals surface area contributed by atoms with Crippen LogP contribution in [0, 0.1) is 5.41 Å². The minimum atomic E-state index is -1.27. The molecule has 0 aromatic rings. The Bertz CT molecular complexity index is 280. The molecule has 0 aromatic heterocycles. The lowest BCUT2D eigenvalue weighted by atomic mass is 9.95. The SMILES string of the molecule is CC(C)(C)C(=O)NC(CC(N)=O)C(=O)O. The number of carbonyl (C=O) groups excluding carboxylic acids is 2. The summed E-state index contributed by atoms with van der Waals surface area (Å²) in [4.78, 5) is 32.7. The van der Waals surface area contributed by atoms with Crippen molar-refractivity contribution in [2.24, 2.45) is 11.1 Å². The van der Waals surface area contributed by atoms with Gasteiger partial charge in [-0.15, -0.1) is 0 Å². The quantitative estimate of drug-likeness (QED) is 0.587. The third-order valence-electron chi connectivity index (χ3n) is 1.69. The van der Waals surface area contributed by atoms with Gasteiger partial charge in [0.05, 0.1) is 6.42 Å². The van der Waals surface area contributed by atoms with E-state index in [0.717, 1.165) is 0 Å². The Balaban J connectivity index is 4.50. The first-order valence-corrected chi connectivity index (χ1v) is 4.46. The van der Waals surface area contributed by atoms with Crippen LogP contribution < -0.4 is 11.1 Å². The molecule has 0 saturated carbocycles. The van der Waals surface area contributed by atoms with Crippen LogP contribution in [0.4, 0.5) is 0 Å². The van der Waals surface area contributed by atoms with Gasteiger partial charge in [0.1, 0.15) is 6.04 Å². The van der Waals surface area contributed by atoms with E-state index in [4.69, 9.17) is 10.8 Å². The Morgan fingerprint density at radius 2 is 1.80 bits per heavy atom. The second-order valence-corrected chi connectivity index (χ2v) is 4.28. The van der Waals surface area contributed by atoms with Crippen LogP contribution in [0.1, 0.15) is 27.2 Å². The Hall–Kier alpha value is -1.59. The van der Waals surface area contributed by atoms with Gasteiger partial charge in [-0.1, -0.05) is 20.8 Å². The van der Waals surface area contributed by atoms with Crippen LogP contribution in [0.25, 0.3) is 0 Å². The number of nitrogens with two attached hydrogens (primary N) is 1. The fraction of sp³-hybridized carbons (Fsp3) is 0.667. The molecule has 4 N–H and O–H groups in total. The van der Waals surface area contributed by atoms with E-state index in [1.54, 1.807) is 20.8 Å². The molecule has 0 aliphatic carbocycles. The highest BCUT2D eigenvalue weighted by molar-refractivity contribution is 5.89. The summed E-state index contributed by atoms with van der Waals surface area (Å²) in [5.41, 5.74) is 4.16. The second-order valence-electron chi connectivity index (χ2n) is 4.28. The number of hydrogen-bond acceptors (Lipinski definition) is 3.